The Kier molecular flexibility index (Phi) is 11.4. The lowest BCUT2D eigenvalue weighted by Gasteiger charge is -2.27. The number of hydrogen-bond acceptors (Lipinski definition) is 3. The minimum absolute atomic E-state index is 0. The van der Waals surface area contributed by atoms with Crippen LogP contribution >= 0.6 is 24.0 Å². The van der Waals surface area contributed by atoms with E-state index in [0.29, 0.717) is 24.9 Å². The summed E-state index contributed by atoms with van der Waals surface area (Å²) < 4.78 is 5.95. The number of guanidine groups is 1. The molecule has 1 aliphatic heterocycles. The van der Waals surface area contributed by atoms with Crippen molar-refractivity contribution in [1.82, 2.24) is 15.5 Å². The molecule has 29 heavy (non-hydrogen) atoms. The number of aliphatic imine (C=N–C) groups is 1. The highest BCUT2D eigenvalue weighted by Crippen LogP contribution is 2.21. The number of hydrogen-bond donors (Lipinski definition) is 2. The van der Waals surface area contributed by atoms with Crippen LogP contribution in [0.25, 0.3) is 0 Å². The number of rotatable bonds is 9. The minimum Gasteiger partial charge on any atom is -0.491 e. The van der Waals surface area contributed by atoms with Gasteiger partial charge in [0.25, 0.3) is 0 Å². The lowest BCUT2D eigenvalue weighted by atomic mass is 10.1. The van der Waals surface area contributed by atoms with E-state index in [-0.39, 0.29) is 30.1 Å². The number of nitrogens with zero attached hydrogens (tertiary/aromatic N) is 2. The molecule has 1 saturated heterocycles. The molecule has 0 saturated carbocycles. The monoisotopic (exact) mass is 516 g/mol. The number of carbonyl (C=O) groups is 1. The Balaban J connectivity index is 0.00000420. The highest BCUT2D eigenvalue weighted by atomic mass is 127. The second kappa shape index (κ2) is 12.9. The molecule has 6 nitrogen and oxygen atoms in total. The van der Waals surface area contributed by atoms with Crippen LogP contribution in [0.3, 0.4) is 0 Å². The van der Waals surface area contributed by atoms with Gasteiger partial charge in [0.15, 0.2) is 5.96 Å². The van der Waals surface area contributed by atoms with Crippen LogP contribution in [-0.2, 0) is 11.3 Å². The predicted octanol–water partition coefficient (Wildman–Crippen LogP) is 3.86. The predicted molar refractivity (Wildman–Crippen MR) is 130 cm³/mol. The highest BCUT2D eigenvalue weighted by molar-refractivity contribution is 14.0. The first kappa shape index (κ1) is 25.5. The van der Waals surface area contributed by atoms with Crippen LogP contribution in [-0.4, -0.2) is 49.0 Å². The van der Waals surface area contributed by atoms with Gasteiger partial charge in [0.2, 0.25) is 5.91 Å². The summed E-state index contributed by atoms with van der Waals surface area (Å²) in [6.45, 7) is 10.6. The smallest absolute Gasteiger partial charge is 0.222 e. The fourth-order valence-electron chi connectivity index (χ4n) is 3.56. The van der Waals surface area contributed by atoms with Crippen LogP contribution in [0.5, 0.6) is 5.75 Å². The highest BCUT2D eigenvalue weighted by Gasteiger charge is 2.26. The van der Waals surface area contributed by atoms with Gasteiger partial charge in [-0.1, -0.05) is 19.1 Å². The third-order valence-electron chi connectivity index (χ3n) is 5.05. The molecule has 1 atom stereocenters. The first-order valence-electron chi connectivity index (χ1n) is 10.4. The van der Waals surface area contributed by atoms with Crippen LogP contribution in [0, 0.1) is 6.92 Å². The fraction of sp³-hybridized carbons (Fsp3) is 0.636. The lowest BCUT2D eigenvalue weighted by Crippen LogP contribution is -2.41. The van der Waals surface area contributed by atoms with E-state index in [4.69, 9.17) is 4.74 Å². The Bertz CT molecular complexity index is 679. The van der Waals surface area contributed by atoms with Crippen LogP contribution in [0.2, 0.25) is 0 Å². The SMILES string of the molecule is CCC(CCNC(=NC)NCc1ccc(C)cc1OC(C)C)N1CCCC1=O.I. The van der Waals surface area contributed by atoms with E-state index in [1.807, 2.05) is 18.7 Å². The summed E-state index contributed by atoms with van der Waals surface area (Å²) in [7, 11) is 1.78. The van der Waals surface area contributed by atoms with Gasteiger partial charge in [-0.2, -0.15) is 0 Å². The Hall–Kier alpha value is -1.51. The molecule has 0 spiro atoms. The molecule has 0 bridgehead atoms. The Labute approximate surface area is 192 Å². The number of nitrogens with one attached hydrogen (secondary N) is 2. The number of carbonyl (C=O) groups excluding carboxylic acids is 1. The van der Waals surface area contributed by atoms with Crippen molar-refractivity contribution in [2.24, 2.45) is 4.99 Å². The molecule has 1 amide bonds. The summed E-state index contributed by atoms with van der Waals surface area (Å²) in [4.78, 5) is 18.3. The van der Waals surface area contributed by atoms with Crippen molar-refractivity contribution >= 4 is 35.8 Å². The third kappa shape index (κ3) is 8.03. The second-order valence-electron chi connectivity index (χ2n) is 7.67. The molecule has 0 aromatic heterocycles. The number of amides is 1. The van der Waals surface area contributed by atoms with E-state index in [1.54, 1.807) is 7.05 Å². The zero-order valence-corrected chi connectivity index (χ0v) is 20.8. The quantitative estimate of drug-likeness (QED) is 0.297. The average molecular weight is 516 g/mol. The van der Waals surface area contributed by atoms with Gasteiger partial charge in [0.1, 0.15) is 5.75 Å². The first-order valence-corrected chi connectivity index (χ1v) is 10.4. The van der Waals surface area contributed by atoms with E-state index in [0.717, 1.165) is 49.6 Å². The Morgan fingerprint density at radius 1 is 1.31 bits per heavy atom. The number of aryl methyl sites for hydroxylation is 1. The summed E-state index contributed by atoms with van der Waals surface area (Å²) >= 11 is 0. The fourth-order valence-corrected chi connectivity index (χ4v) is 3.56. The molecular weight excluding hydrogens is 479 g/mol. The van der Waals surface area contributed by atoms with E-state index < -0.39 is 0 Å². The van der Waals surface area contributed by atoms with E-state index >= 15 is 0 Å². The standard InChI is InChI=1S/C22H36N4O2.HI/c1-6-19(26-13-7-8-21(26)27)11-12-24-22(23-5)25-15-18-10-9-17(4)14-20(18)28-16(2)3;/h9-10,14,16,19H,6-8,11-13,15H2,1-5H3,(H2,23,24,25);1H. The minimum atomic E-state index is 0. The van der Waals surface area contributed by atoms with Gasteiger partial charge >= 0.3 is 0 Å². The molecule has 2 rings (SSSR count). The van der Waals surface area contributed by atoms with Crippen molar-refractivity contribution in [3.05, 3.63) is 29.3 Å². The molecule has 0 radical (unpaired) electrons. The number of halogens is 1. The van der Waals surface area contributed by atoms with Crippen molar-refractivity contribution in [2.75, 3.05) is 20.1 Å². The van der Waals surface area contributed by atoms with Crippen LogP contribution < -0.4 is 15.4 Å². The van der Waals surface area contributed by atoms with Crippen molar-refractivity contribution < 1.29 is 9.53 Å². The molecule has 1 fully saturated rings. The molecular formula is C22H37IN4O2. The van der Waals surface area contributed by atoms with Gasteiger partial charge in [-0.15, -0.1) is 24.0 Å². The summed E-state index contributed by atoms with van der Waals surface area (Å²) in [5.74, 6) is 1.97. The number of benzene rings is 1. The van der Waals surface area contributed by atoms with Crippen molar-refractivity contribution in [1.29, 1.82) is 0 Å². The van der Waals surface area contributed by atoms with Gasteiger partial charge < -0.3 is 20.3 Å². The molecule has 1 unspecified atom stereocenters. The number of ether oxygens (including phenoxy) is 1. The lowest BCUT2D eigenvalue weighted by molar-refractivity contribution is -0.129. The van der Waals surface area contributed by atoms with Crippen LogP contribution in [0.4, 0.5) is 0 Å². The summed E-state index contributed by atoms with van der Waals surface area (Å²) in [5, 5.41) is 6.74. The Morgan fingerprint density at radius 2 is 2.07 bits per heavy atom. The molecule has 2 N–H and O–H groups in total. The van der Waals surface area contributed by atoms with Crippen molar-refractivity contribution in [3.8, 4) is 5.75 Å². The molecule has 1 aromatic rings. The van der Waals surface area contributed by atoms with E-state index in [9.17, 15) is 4.79 Å². The zero-order valence-electron chi connectivity index (χ0n) is 18.5. The van der Waals surface area contributed by atoms with Gasteiger partial charge in [0.05, 0.1) is 6.10 Å². The molecule has 164 valence electrons. The maximum Gasteiger partial charge on any atom is 0.222 e. The molecule has 1 heterocycles. The average Bonchev–Trinajstić information content (AvgIpc) is 3.08. The summed E-state index contributed by atoms with van der Waals surface area (Å²) in [6.07, 6.45) is 3.74. The normalized spacial score (nSPS) is 15.3. The molecule has 0 aliphatic carbocycles. The molecule has 1 aromatic carbocycles. The maximum atomic E-state index is 12.0. The van der Waals surface area contributed by atoms with Crippen molar-refractivity contribution in [3.63, 3.8) is 0 Å². The maximum absolute atomic E-state index is 12.0. The molecule has 1 aliphatic rings. The van der Waals surface area contributed by atoms with Gasteiger partial charge in [0, 0.05) is 44.7 Å². The topological polar surface area (TPSA) is 66.0 Å². The molecule has 7 heteroatoms. The van der Waals surface area contributed by atoms with Crippen molar-refractivity contribution in [2.45, 2.75) is 72.1 Å². The van der Waals surface area contributed by atoms with Crippen LogP contribution in [0.1, 0.15) is 57.6 Å². The van der Waals surface area contributed by atoms with Gasteiger partial charge in [-0.3, -0.25) is 9.79 Å². The van der Waals surface area contributed by atoms with Gasteiger partial charge in [-0.25, -0.2) is 0 Å². The summed E-state index contributed by atoms with van der Waals surface area (Å²) in [6, 6.07) is 6.58. The Morgan fingerprint density at radius 3 is 2.66 bits per heavy atom. The third-order valence-corrected chi connectivity index (χ3v) is 5.05. The van der Waals surface area contributed by atoms with E-state index in [1.165, 1.54) is 5.56 Å². The van der Waals surface area contributed by atoms with Gasteiger partial charge in [-0.05, 0) is 51.7 Å². The van der Waals surface area contributed by atoms with E-state index in [2.05, 4.69) is 47.7 Å². The first-order chi connectivity index (χ1) is 13.4. The largest absolute Gasteiger partial charge is 0.491 e. The number of likely N-dealkylation sites (tertiary alicyclic amines) is 1. The van der Waals surface area contributed by atoms with Crippen LogP contribution in [0.15, 0.2) is 23.2 Å². The summed E-state index contributed by atoms with van der Waals surface area (Å²) in [5.41, 5.74) is 2.29. The zero-order chi connectivity index (χ0) is 20.5. The second-order valence-corrected chi connectivity index (χ2v) is 7.67.